The third-order valence-corrected chi connectivity index (χ3v) is 5.97. The van der Waals surface area contributed by atoms with Gasteiger partial charge in [0.15, 0.2) is 0 Å². The van der Waals surface area contributed by atoms with Gasteiger partial charge in [-0.05, 0) is 54.5 Å². The summed E-state index contributed by atoms with van der Waals surface area (Å²) in [5.74, 6) is 0.669. The van der Waals surface area contributed by atoms with Crippen molar-refractivity contribution < 1.29 is 4.42 Å². The molecule has 1 fully saturated rings. The summed E-state index contributed by atoms with van der Waals surface area (Å²) in [6.07, 6.45) is 9.85. The molecule has 1 aliphatic carbocycles. The predicted molar refractivity (Wildman–Crippen MR) is 121 cm³/mol. The fourth-order valence-electron chi connectivity index (χ4n) is 4.62. The molecule has 4 heteroatoms. The molecule has 1 saturated carbocycles. The monoisotopic (exact) mass is 399 g/mol. The van der Waals surface area contributed by atoms with Crippen LogP contribution in [0.25, 0.3) is 33.6 Å². The largest absolute Gasteiger partial charge is 0.444 e. The van der Waals surface area contributed by atoms with Crippen LogP contribution in [0.2, 0.25) is 0 Å². The minimum absolute atomic E-state index is 0.249. The lowest BCUT2D eigenvalue weighted by atomic mass is 9.88. The standard InChI is InChI=1S/C26H29N3O/c1-26(2,3)15-18-7-6-8-20(13-18)25-28-23(17-30-25)19-11-12-24-21(14-19)16-27-29(24)22-9-4-5-10-22/h6-8,11-14,16-17,22H,4-5,9-10,15H2,1-3H3. The number of rotatable bonds is 4. The van der Waals surface area contributed by atoms with Crippen LogP contribution in [0, 0.1) is 5.41 Å². The van der Waals surface area contributed by atoms with Crippen LogP contribution in [0.4, 0.5) is 0 Å². The van der Waals surface area contributed by atoms with Gasteiger partial charge in [0, 0.05) is 16.5 Å². The summed E-state index contributed by atoms with van der Waals surface area (Å²) in [6.45, 7) is 6.77. The zero-order valence-electron chi connectivity index (χ0n) is 18.1. The number of aromatic nitrogens is 3. The summed E-state index contributed by atoms with van der Waals surface area (Å²) in [6, 6.07) is 15.5. The Hall–Kier alpha value is -2.88. The second-order valence-corrected chi connectivity index (χ2v) is 9.78. The van der Waals surface area contributed by atoms with E-state index in [1.54, 1.807) is 6.26 Å². The summed E-state index contributed by atoms with van der Waals surface area (Å²) in [5.41, 5.74) is 5.72. The van der Waals surface area contributed by atoms with Crippen molar-refractivity contribution in [2.24, 2.45) is 5.41 Å². The van der Waals surface area contributed by atoms with Gasteiger partial charge in [-0.1, -0.05) is 51.8 Å². The van der Waals surface area contributed by atoms with Crippen molar-refractivity contribution in [2.75, 3.05) is 0 Å². The lowest BCUT2D eigenvalue weighted by Gasteiger charge is -2.18. The molecule has 0 spiro atoms. The molecular formula is C26H29N3O. The molecule has 2 aromatic carbocycles. The van der Waals surface area contributed by atoms with E-state index >= 15 is 0 Å². The van der Waals surface area contributed by atoms with Gasteiger partial charge in [0.25, 0.3) is 0 Å². The number of fused-ring (bicyclic) bond motifs is 1. The molecule has 1 aliphatic rings. The van der Waals surface area contributed by atoms with Crippen molar-refractivity contribution in [3.8, 4) is 22.7 Å². The molecule has 30 heavy (non-hydrogen) atoms. The van der Waals surface area contributed by atoms with Gasteiger partial charge < -0.3 is 4.42 Å². The molecule has 0 atom stereocenters. The molecule has 0 radical (unpaired) electrons. The quantitative estimate of drug-likeness (QED) is 0.369. The van der Waals surface area contributed by atoms with Gasteiger partial charge in [0.1, 0.15) is 12.0 Å². The van der Waals surface area contributed by atoms with Gasteiger partial charge in [-0.3, -0.25) is 4.68 Å². The highest BCUT2D eigenvalue weighted by molar-refractivity contribution is 5.84. The zero-order chi connectivity index (χ0) is 20.7. The van der Waals surface area contributed by atoms with E-state index in [1.165, 1.54) is 36.8 Å². The summed E-state index contributed by atoms with van der Waals surface area (Å²) in [4.78, 5) is 4.79. The molecule has 0 unspecified atom stereocenters. The second kappa shape index (κ2) is 7.42. The van der Waals surface area contributed by atoms with Gasteiger partial charge in [-0.2, -0.15) is 5.10 Å². The molecule has 154 valence electrons. The van der Waals surface area contributed by atoms with Crippen molar-refractivity contribution in [3.63, 3.8) is 0 Å². The van der Waals surface area contributed by atoms with Crippen LogP contribution in [0.5, 0.6) is 0 Å². The van der Waals surface area contributed by atoms with Crippen LogP contribution in [0.3, 0.4) is 0 Å². The Morgan fingerprint density at radius 3 is 2.67 bits per heavy atom. The zero-order valence-corrected chi connectivity index (χ0v) is 18.1. The Balaban J connectivity index is 1.43. The highest BCUT2D eigenvalue weighted by Crippen LogP contribution is 2.33. The summed E-state index contributed by atoms with van der Waals surface area (Å²) >= 11 is 0. The highest BCUT2D eigenvalue weighted by Gasteiger charge is 2.20. The van der Waals surface area contributed by atoms with Gasteiger partial charge in [-0.25, -0.2) is 4.98 Å². The van der Waals surface area contributed by atoms with Crippen molar-refractivity contribution >= 4 is 10.9 Å². The van der Waals surface area contributed by atoms with Crippen LogP contribution in [0.1, 0.15) is 58.1 Å². The SMILES string of the molecule is CC(C)(C)Cc1cccc(-c2nc(-c3ccc4c(cnn4C4CCCC4)c3)co2)c1. The molecule has 5 rings (SSSR count). The molecule has 4 aromatic rings. The number of benzene rings is 2. The number of hydrogen-bond acceptors (Lipinski definition) is 3. The van der Waals surface area contributed by atoms with Gasteiger partial charge in [-0.15, -0.1) is 0 Å². The fraction of sp³-hybridized carbons (Fsp3) is 0.385. The van der Waals surface area contributed by atoms with Crippen LogP contribution in [0.15, 0.2) is 59.3 Å². The second-order valence-electron chi connectivity index (χ2n) is 9.78. The average Bonchev–Trinajstić information content (AvgIpc) is 3.45. The van der Waals surface area contributed by atoms with Crippen molar-refractivity contribution in [2.45, 2.75) is 58.9 Å². The maximum absolute atomic E-state index is 5.86. The number of nitrogens with zero attached hydrogens (tertiary/aromatic N) is 3. The van der Waals surface area contributed by atoms with E-state index in [-0.39, 0.29) is 5.41 Å². The van der Waals surface area contributed by atoms with E-state index in [1.807, 2.05) is 6.20 Å². The third-order valence-electron chi connectivity index (χ3n) is 5.97. The first kappa shape index (κ1) is 19.1. The number of oxazole rings is 1. The Labute approximate surface area is 177 Å². The molecular weight excluding hydrogens is 370 g/mol. The van der Waals surface area contributed by atoms with E-state index < -0.39 is 0 Å². The molecule has 0 aliphatic heterocycles. The Kier molecular flexibility index (Phi) is 4.73. The fourth-order valence-corrected chi connectivity index (χ4v) is 4.62. The molecule has 0 bridgehead atoms. The lowest BCUT2D eigenvalue weighted by molar-refractivity contribution is 0.411. The van der Waals surface area contributed by atoms with E-state index in [0.717, 1.165) is 28.6 Å². The van der Waals surface area contributed by atoms with Crippen LogP contribution in [-0.2, 0) is 6.42 Å². The topological polar surface area (TPSA) is 43.9 Å². The first-order chi connectivity index (χ1) is 14.5. The maximum Gasteiger partial charge on any atom is 0.226 e. The van der Waals surface area contributed by atoms with E-state index in [9.17, 15) is 0 Å². The van der Waals surface area contributed by atoms with Crippen molar-refractivity contribution in [1.82, 2.24) is 14.8 Å². The van der Waals surface area contributed by atoms with E-state index in [0.29, 0.717) is 11.9 Å². The molecule has 0 saturated heterocycles. The summed E-state index contributed by atoms with van der Waals surface area (Å²) in [7, 11) is 0. The molecule has 2 aromatic heterocycles. The Morgan fingerprint density at radius 2 is 1.87 bits per heavy atom. The van der Waals surface area contributed by atoms with Crippen molar-refractivity contribution in [1.29, 1.82) is 0 Å². The molecule has 0 N–H and O–H groups in total. The molecule has 0 amide bonds. The predicted octanol–water partition coefficient (Wildman–Crippen LogP) is 7.06. The van der Waals surface area contributed by atoms with Crippen molar-refractivity contribution in [3.05, 3.63) is 60.5 Å². The van der Waals surface area contributed by atoms with E-state index in [2.05, 4.69) is 73.0 Å². The lowest BCUT2D eigenvalue weighted by Crippen LogP contribution is -2.08. The summed E-state index contributed by atoms with van der Waals surface area (Å²) in [5, 5.41) is 5.84. The average molecular weight is 400 g/mol. The Bertz CT molecular complexity index is 1170. The first-order valence-electron chi connectivity index (χ1n) is 11.0. The molecule has 2 heterocycles. The van der Waals surface area contributed by atoms with Crippen LogP contribution < -0.4 is 0 Å². The number of hydrogen-bond donors (Lipinski definition) is 0. The van der Waals surface area contributed by atoms with Gasteiger partial charge in [0.2, 0.25) is 5.89 Å². The smallest absolute Gasteiger partial charge is 0.226 e. The molecule has 4 nitrogen and oxygen atoms in total. The Morgan fingerprint density at radius 1 is 1.03 bits per heavy atom. The maximum atomic E-state index is 5.86. The van der Waals surface area contributed by atoms with Crippen LogP contribution in [-0.4, -0.2) is 14.8 Å². The normalized spacial score (nSPS) is 15.3. The van der Waals surface area contributed by atoms with Crippen LogP contribution >= 0.6 is 0 Å². The highest BCUT2D eigenvalue weighted by atomic mass is 16.3. The van der Waals surface area contributed by atoms with Gasteiger partial charge >= 0.3 is 0 Å². The first-order valence-corrected chi connectivity index (χ1v) is 11.0. The van der Waals surface area contributed by atoms with E-state index in [4.69, 9.17) is 9.40 Å². The summed E-state index contributed by atoms with van der Waals surface area (Å²) < 4.78 is 8.07. The minimum Gasteiger partial charge on any atom is -0.444 e. The van der Waals surface area contributed by atoms with Gasteiger partial charge in [0.05, 0.1) is 17.8 Å². The minimum atomic E-state index is 0.249. The third kappa shape index (κ3) is 3.79.